The zero-order valence-electron chi connectivity index (χ0n) is 17.6. The molecule has 2 amide bonds. The number of hydrogen-bond acceptors (Lipinski definition) is 4. The Hall–Kier alpha value is -2.21. The van der Waals surface area contributed by atoms with Gasteiger partial charge in [0.25, 0.3) is 5.91 Å². The number of rotatable bonds is 6. The number of quaternary nitrogens is 1. The molecular formula is C24H31N2O4+. The normalized spacial score (nSPS) is 34.6. The van der Waals surface area contributed by atoms with Crippen LogP contribution in [0.25, 0.3) is 0 Å². The molecule has 1 atom stereocenters. The molecule has 1 aromatic rings. The number of carbonyl (C=O) groups is 3. The van der Waals surface area contributed by atoms with Gasteiger partial charge >= 0.3 is 5.97 Å². The first-order valence-electron chi connectivity index (χ1n) is 11.4. The molecule has 1 aromatic carbocycles. The van der Waals surface area contributed by atoms with Crippen molar-refractivity contribution in [2.45, 2.75) is 57.9 Å². The van der Waals surface area contributed by atoms with E-state index in [-0.39, 0.29) is 24.3 Å². The Kier molecular flexibility index (Phi) is 4.92. The lowest BCUT2D eigenvalue weighted by Gasteiger charge is -2.56. The first kappa shape index (κ1) is 19.7. The van der Waals surface area contributed by atoms with Gasteiger partial charge in [-0.2, -0.15) is 0 Å². The molecule has 0 aromatic heterocycles. The van der Waals surface area contributed by atoms with E-state index in [1.807, 2.05) is 0 Å². The van der Waals surface area contributed by atoms with Crippen molar-refractivity contribution in [3.05, 3.63) is 29.8 Å². The molecular weight excluding hydrogens is 380 g/mol. The Bertz CT molecular complexity index is 827. The fraction of sp³-hybridized carbons (Fsp3) is 0.625. The average Bonchev–Trinajstić information content (AvgIpc) is 2.99. The van der Waals surface area contributed by atoms with Crippen LogP contribution in [0.2, 0.25) is 0 Å². The van der Waals surface area contributed by atoms with Crippen LogP contribution in [0.5, 0.6) is 0 Å². The van der Waals surface area contributed by atoms with Crippen molar-refractivity contribution < 1.29 is 24.4 Å². The van der Waals surface area contributed by atoms with Crippen molar-refractivity contribution in [3.8, 4) is 0 Å². The van der Waals surface area contributed by atoms with Crippen LogP contribution in [0.3, 0.4) is 0 Å². The van der Waals surface area contributed by atoms with E-state index < -0.39 is 5.97 Å². The van der Waals surface area contributed by atoms with E-state index in [4.69, 9.17) is 4.74 Å². The minimum absolute atomic E-state index is 0.131. The molecule has 30 heavy (non-hydrogen) atoms. The molecule has 6 nitrogen and oxygen atoms in total. The lowest BCUT2D eigenvalue weighted by Crippen LogP contribution is -2.94. The number of benzene rings is 1. The van der Waals surface area contributed by atoms with Gasteiger partial charge in [0.05, 0.1) is 30.8 Å². The fourth-order valence-corrected chi connectivity index (χ4v) is 7.00. The number of anilines is 1. The van der Waals surface area contributed by atoms with E-state index in [1.54, 1.807) is 31.2 Å². The van der Waals surface area contributed by atoms with Gasteiger partial charge in [0, 0.05) is 5.41 Å². The second-order valence-corrected chi connectivity index (χ2v) is 10.0. The van der Waals surface area contributed by atoms with Crippen molar-refractivity contribution in [1.82, 2.24) is 0 Å². The third-order valence-corrected chi connectivity index (χ3v) is 7.82. The van der Waals surface area contributed by atoms with Gasteiger partial charge in [-0.25, -0.2) is 9.69 Å². The molecule has 5 aliphatic rings. The molecule has 0 spiro atoms. The monoisotopic (exact) mass is 411 g/mol. The predicted octanol–water partition coefficient (Wildman–Crippen LogP) is 2.27. The minimum Gasteiger partial charge on any atom is -0.462 e. The number of amides is 2. The average molecular weight is 412 g/mol. The molecule has 4 saturated carbocycles. The van der Waals surface area contributed by atoms with Crippen LogP contribution < -0.4 is 10.2 Å². The second kappa shape index (κ2) is 7.49. The Labute approximate surface area is 177 Å². The molecule has 6 heteroatoms. The highest BCUT2D eigenvalue weighted by Crippen LogP contribution is 2.59. The standard InChI is InChI=1S/C24H30N2O4/c1-2-30-23(29)18-3-5-19(6-4-18)26-21(27)10-20(22(26)28)25-14-24-11-15-7-16(12-24)9-17(8-15)13-24/h3-6,15-17,20,25H,2,7-14H2,1H3/p+1/t15?,16?,17?,20-,24?/m1/s1. The number of carbonyl (C=O) groups excluding carboxylic acids is 3. The van der Waals surface area contributed by atoms with Crippen molar-refractivity contribution in [3.63, 3.8) is 0 Å². The molecule has 4 bridgehead atoms. The van der Waals surface area contributed by atoms with E-state index >= 15 is 0 Å². The summed E-state index contributed by atoms with van der Waals surface area (Å²) in [6.07, 6.45) is 8.42. The van der Waals surface area contributed by atoms with Gasteiger partial charge in [0.15, 0.2) is 6.04 Å². The van der Waals surface area contributed by atoms with Gasteiger partial charge in [-0.15, -0.1) is 0 Å². The molecule has 1 aliphatic heterocycles. The summed E-state index contributed by atoms with van der Waals surface area (Å²) < 4.78 is 4.99. The number of nitrogens with zero attached hydrogens (tertiary/aromatic N) is 1. The first-order valence-corrected chi connectivity index (χ1v) is 11.4. The Morgan fingerprint density at radius 1 is 1.07 bits per heavy atom. The maximum atomic E-state index is 13.0. The molecule has 6 rings (SSSR count). The summed E-state index contributed by atoms with van der Waals surface area (Å²) >= 11 is 0. The van der Waals surface area contributed by atoms with Crippen LogP contribution in [-0.4, -0.2) is 37.0 Å². The number of imide groups is 1. The number of esters is 1. The molecule has 4 aliphatic carbocycles. The Balaban J connectivity index is 1.24. The summed E-state index contributed by atoms with van der Waals surface area (Å²) in [5, 5.41) is 2.15. The van der Waals surface area contributed by atoms with E-state index in [2.05, 4.69) is 5.32 Å². The van der Waals surface area contributed by atoms with E-state index in [0.717, 1.165) is 24.3 Å². The van der Waals surface area contributed by atoms with Gasteiger partial charge in [0.2, 0.25) is 5.91 Å². The third-order valence-electron chi connectivity index (χ3n) is 7.82. The van der Waals surface area contributed by atoms with Crippen molar-refractivity contribution in [1.29, 1.82) is 0 Å². The van der Waals surface area contributed by atoms with Crippen LogP contribution >= 0.6 is 0 Å². The first-order chi connectivity index (χ1) is 14.5. The zero-order valence-corrected chi connectivity index (χ0v) is 17.6. The summed E-state index contributed by atoms with van der Waals surface area (Å²) in [6, 6.07) is 6.21. The maximum absolute atomic E-state index is 13.0. The van der Waals surface area contributed by atoms with Crippen LogP contribution in [0.15, 0.2) is 24.3 Å². The van der Waals surface area contributed by atoms with E-state index in [9.17, 15) is 14.4 Å². The van der Waals surface area contributed by atoms with Crippen LogP contribution in [0.1, 0.15) is 62.2 Å². The highest BCUT2D eigenvalue weighted by molar-refractivity contribution is 6.21. The van der Waals surface area contributed by atoms with Gasteiger partial charge < -0.3 is 10.1 Å². The number of hydrogen-bond donors (Lipinski definition) is 1. The number of ether oxygens (including phenoxy) is 1. The Morgan fingerprint density at radius 3 is 2.23 bits per heavy atom. The molecule has 2 N–H and O–H groups in total. The highest BCUT2D eigenvalue weighted by atomic mass is 16.5. The van der Waals surface area contributed by atoms with Gasteiger partial charge in [-0.3, -0.25) is 9.59 Å². The predicted molar refractivity (Wildman–Crippen MR) is 111 cm³/mol. The van der Waals surface area contributed by atoms with Gasteiger partial charge in [-0.1, -0.05) is 0 Å². The van der Waals surface area contributed by atoms with Crippen molar-refractivity contribution >= 4 is 23.5 Å². The summed E-state index contributed by atoms with van der Waals surface area (Å²) in [5.41, 5.74) is 1.33. The summed E-state index contributed by atoms with van der Waals surface area (Å²) in [6.45, 7) is 3.04. The molecule has 5 fully saturated rings. The molecule has 1 saturated heterocycles. The van der Waals surface area contributed by atoms with E-state index in [0.29, 0.717) is 23.3 Å². The van der Waals surface area contributed by atoms with Crippen molar-refractivity contribution in [2.75, 3.05) is 18.1 Å². The molecule has 160 valence electrons. The number of nitrogens with two attached hydrogens (primary N) is 1. The van der Waals surface area contributed by atoms with Crippen LogP contribution in [0, 0.1) is 23.2 Å². The van der Waals surface area contributed by atoms with Gasteiger partial charge in [0.1, 0.15) is 0 Å². The minimum atomic E-state index is -0.398. The van der Waals surface area contributed by atoms with Gasteiger partial charge in [-0.05, 0) is 87.5 Å². The lowest BCUT2D eigenvalue weighted by molar-refractivity contribution is -0.687. The van der Waals surface area contributed by atoms with Crippen LogP contribution in [0.4, 0.5) is 5.69 Å². The Morgan fingerprint density at radius 2 is 1.67 bits per heavy atom. The lowest BCUT2D eigenvalue weighted by atomic mass is 9.49. The van der Waals surface area contributed by atoms with Crippen LogP contribution in [-0.2, 0) is 14.3 Å². The molecule has 0 radical (unpaired) electrons. The molecule has 1 heterocycles. The summed E-state index contributed by atoms with van der Waals surface area (Å²) in [7, 11) is 0. The SMILES string of the molecule is CCOC(=O)c1ccc(N2C(=O)C[C@@H]([NH2+]CC34CC5CC(CC(C5)C3)C4)C2=O)cc1. The zero-order chi connectivity index (χ0) is 20.9. The second-order valence-electron chi connectivity index (χ2n) is 10.0. The largest absolute Gasteiger partial charge is 0.462 e. The molecule has 0 unspecified atom stereocenters. The van der Waals surface area contributed by atoms with Crippen molar-refractivity contribution in [2.24, 2.45) is 23.2 Å². The maximum Gasteiger partial charge on any atom is 0.338 e. The third kappa shape index (κ3) is 3.45. The quantitative estimate of drug-likeness (QED) is 0.575. The fourth-order valence-electron chi connectivity index (χ4n) is 7.00. The smallest absolute Gasteiger partial charge is 0.338 e. The highest BCUT2D eigenvalue weighted by Gasteiger charge is 2.53. The summed E-state index contributed by atoms with van der Waals surface area (Å²) in [5.74, 6) is 1.98. The topological polar surface area (TPSA) is 80.3 Å². The van der Waals surface area contributed by atoms with E-state index in [1.165, 1.54) is 43.4 Å². The summed E-state index contributed by atoms with van der Waals surface area (Å²) in [4.78, 5) is 38.8.